The molecule has 56 heavy (non-hydrogen) atoms. The first-order valence-corrected chi connectivity index (χ1v) is 19.1. The van der Waals surface area contributed by atoms with Gasteiger partial charge in [-0.05, 0) is 98.6 Å². The van der Waals surface area contributed by atoms with E-state index in [0.717, 1.165) is 50.1 Å². The third-order valence-electron chi connectivity index (χ3n) is 10.7. The standard InChI is InChI=1S/C54H37NO/c1-4-14-38(15-5-1)43-20-10-22-45(36-43)40-28-32-47(33-29-40)55(48-34-30-41(31-35-48)46-23-11-21-44(37-46)39-16-6-2-7-17-39)51-26-13-27-52-53(51)50-25-12-24-49(54(50)56-52)42-18-8-3-9-19-42/h1-37H. The SMILES string of the molecule is c1ccc(-c2cccc(-c3ccc(N(c4ccc(-c5cccc(-c6ccccc6)c5)cc4)c4cccc5oc6c(-c7ccccc7)cccc6c45)cc3)c2)cc1. The second-order valence-electron chi connectivity index (χ2n) is 14.1. The number of benzene rings is 9. The highest BCUT2D eigenvalue weighted by atomic mass is 16.3. The molecule has 0 aliphatic carbocycles. The van der Waals surface area contributed by atoms with E-state index in [1.165, 1.54) is 44.5 Å². The number of rotatable bonds is 8. The lowest BCUT2D eigenvalue weighted by molar-refractivity contribution is 0.670. The molecule has 0 unspecified atom stereocenters. The van der Waals surface area contributed by atoms with Gasteiger partial charge in [0.25, 0.3) is 0 Å². The Bertz CT molecular complexity index is 2800. The molecular weight excluding hydrogens is 679 g/mol. The number of anilines is 3. The Morgan fingerprint density at radius 2 is 0.714 bits per heavy atom. The molecular formula is C54H37NO. The molecule has 0 aliphatic heterocycles. The Morgan fingerprint density at radius 3 is 1.21 bits per heavy atom. The predicted octanol–water partition coefficient (Wildman–Crippen LogP) is 15.4. The van der Waals surface area contributed by atoms with Crippen LogP contribution < -0.4 is 4.90 Å². The van der Waals surface area contributed by atoms with Gasteiger partial charge in [0.15, 0.2) is 0 Å². The van der Waals surface area contributed by atoms with Crippen LogP contribution in [0.2, 0.25) is 0 Å². The second-order valence-corrected chi connectivity index (χ2v) is 14.1. The normalized spacial score (nSPS) is 11.2. The highest BCUT2D eigenvalue weighted by molar-refractivity contribution is 6.16. The summed E-state index contributed by atoms with van der Waals surface area (Å²) in [7, 11) is 0. The van der Waals surface area contributed by atoms with Gasteiger partial charge in [0.2, 0.25) is 0 Å². The third kappa shape index (κ3) is 6.24. The van der Waals surface area contributed by atoms with Crippen LogP contribution in [0, 0.1) is 0 Å². The van der Waals surface area contributed by atoms with Crippen molar-refractivity contribution < 1.29 is 4.42 Å². The quantitative estimate of drug-likeness (QED) is 0.156. The van der Waals surface area contributed by atoms with Crippen molar-refractivity contribution in [2.24, 2.45) is 0 Å². The highest BCUT2D eigenvalue weighted by Gasteiger charge is 2.21. The summed E-state index contributed by atoms with van der Waals surface area (Å²) in [5.74, 6) is 0. The number of furan rings is 1. The molecule has 0 saturated heterocycles. The molecule has 0 N–H and O–H groups in total. The molecule has 0 saturated carbocycles. The fourth-order valence-corrected chi connectivity index (χ4v) is 7.91. The van der Waals surface area contributed by atoms with Gasteiger partial charge in [-0.25, -0.2) is 0 Å². The van der Waals surface area contributed by atoms with Crippen molar-refractivity contribution in [3.63, 3.8) is 0 Å². The Balaban J connectivity index is 1.09. The van der Waals surface area contributed by atoms with Crippen LogP contribution in [0.5, 0.6) is 0 Å². The molecule has 10 aromatic rings. The van der Waals surface area contributed by atoms with Gasteiger partial charge >= 0.3 is 0 Å². The summed E-state index contributed by atoms with van der Waals surface area (Å²) in [6, 6.07) is 79.9. The first-order chi connectivity index (χ1) is 27.8. The molecule has 0 fully saturated rings. The zero-order valence-electron chi connectivity index (χ0n) is 30.7. The minimum Gasteiger partial charge on any atom is -0.455 e. The summed E-state index contributed by atoms with van der Waals surface area (Å²) in [4.78, 5) is 2.36. The lowest BCUT2D eigenvalue weighted by Gasteiger charge is -2.26. The topological polar surface area (TPSA) is 16.4 Å². The Morgan fingerprint density at radius 1 is 0.304 bits per heavy atom. The largest absolute Gasteiger partial charge is 0.455 e. The first kappa shape index (κ1) is 33.2. The van der Waals surface area contributed by atoms with Crippen LogP contribution in [-0.4, -0.2) is 0 Å². The van der Waals surface area contributed by atoms with Crippen LogP contribution in [0.4, 0.5) is 17.1 Å². The molecule has 0 amide bonds. The van der Waals surface area contributed by atoms with Crippen LogP contribution in [0.15, 0.2) is 229 Å². The predicted molar refractivity (Wildman–Crippen MR) is 236 cm³/mol. The zero-order chi connectivity index (χ0) is 37.3. The molecule has 10 rings (SSSR count). The maximum atomic E-state index is 6.72. The van der Waals surface area contributed by atoms with Gasteiger partial charge in [0, 0.05) is 22.3 Å². The van der Waals surface area contributed by atoms with E-state index in [9.17, 15) is 0 Å². The Kier molecular flexibility index (Phi) is 8.55. The summed E-state index contributed by atoms with van der Waals surface area (Å²) in [5, 5.41) is 2.17. The number of hydrogen-bond donors (Lipinski definition) is 0. The van der Waals surface area contributed by atoms with Crippen LogP contribution >= 0.6 is 0 Å². The van der Waals surface area contributed by atoms with Crippen molar-refractivity contribution in [3.8, 4) is 55.6 Å². The average Bonchev–Trinajstić information content (AvgIpc) is 3.68. The van der Waals surface area contributed by atoms with Crippen LogP contribution in [-0.2, 0) is 0 Å². The second kappa shape index (κ2) is 14.4. The highest BCUT2D eigenvalue weighted by Crippen LogP contribution is 2.45. The van der Waals surface area contributed by atoms with Crippen LogP contribution in [0.1, 0.15) is 0 Å². The van der Waals surface area contributed by atoms with Gasteiger partial charge in [0.05, 0.1) is 11.1 Å². The molecule has 9 aromatic carbocycles. The van der Waals surface area contributed by atoms with E-state index >= 15 is 0 Å². The summed E-state index contributed by atoms with van der Waals surface area (Å²) in [6.07, 6.45) is 0. The van der Waals surface area contributed by atoms with Gasteiger partial charge in [-0.2, -0.15) is 0 Å². The van der Waals surface area contributed by atoms with E-state index in [2.05, 4.69) is 229 Å². The molecule has 0 bridgehead atoms. The monoisotopic (exact) mass is 715 g/mol. The fraction of sp³-hybridized carbons (Fsp3) is 0. The number of fused-ring (bicyclic) bond motifs is 3. The average molecular weight is 716 g/mol. The molecule has 1 aromatic heterocycles. The van der Waals surface area contributed by atoms with Crippen molar-refractivity contribution in [2.75, 3.05) is 4.90 Å². The van der Waals surface area contributed by atoms with Crippen molar-refractivity contribution in [1.29, 1.82) is 0 Å². The molecule has 0 radical (unpaired) electrons. The lowest BCUT2D eigenvalue weighted by atomic mass is 9.98. The van der Waals surface area contributed by atoms with E-state index in [0.29, 0.717) is 0 Å². The van der Waals surface area contributed by atoms with E-state index in [4.69, 9.17) is 4.42 Å². The van der Waals surface area contributed by atoms with Crippen molar-refractivity contribution in [3.05, 3.63) is 224 Å². The molecule has 0 aliphatic rings. The minimum absolute atomic E-state index is 0.856. The van der Waals surface area contributed by atoms with E-state index in [1.807, 2.05) is 0 Å². The summed E-state index contributed by atoms with van der Waals surface area (Å²) >= 11 is 0. The zero-order valence-corrected chi connectivity index (χ0v) is 30.7. The van der Waals surface area contributed by atoms with Crippen LogP contribution in [0.25, 0.3) is 77.6 Å². The third-order valence-corrected chi connectivity index (χ3v) is 10.7. The van der Waals surface area contributed by atoms with Crippen molar-refractivity contribution in [1.82, 2.24) is 0 Å². The summed E-state index contributed by atoms with van der Waals surface area (Å²) in [6.45, 7) is 0. The van der Waals surface area contributed by atoms with E-state index in [-0.39, 0.29) is 0 Å². The number of hydrogen-bond acceptors (Lipinski definition) is 2. The number of nitrogens with zero attached hydrogens (tertiary/aromatic N) is 1. The molecule has 2 nitrogen and oxygen atoms in total. The van der Waals surface area contributed by atoms with Gasteiger partial charge < -0.3 is 9.32 Å². The fourth-order valence-electron chi connectivity index (χ4n) is 7.91. The van der Waals surface area contributed by atoms with Crippen molar-refractivity contribution in [2.45, 2.75) is 0 Å². The molecule has 264 valence electrons. The maximum absolute atomic E-state index is 6.72. The van der Waals surface area contributed by atoms with Gasteiger partial charge in [0.1, 0.15) is 11.2 Å². The molecule has 1 heterocycles. The Labute approximate surface area is 327 Å². The summed E-state index contributed by atoms with van der Waals surface area (Å²) in [5.41, 5.74) is 16.7. The minimum atomic E-state index is 0.856. The lowest BCUT2D eigenvalue weighted by Crippen LogP contribution is -2.10. The van der Waals surface area contributed by atoms with Gasteiger partial charge in [-0.1, -0.05) is 176 Å². The molecule has 0 atom stereocenters. The molecule has 2 heteroatoms. The smallest absolute Gasteiger partial charge is 0.143 e. The van der Waals surface area contributed by atoms with E-state index < -0.39 is 0 Å². The van der Waals surface area contributed by atoms with E-state index in [1.54, 1.807) is 0 Å². The summed E-state index contributed by atoms with van der Waals surface area (Å²) < 4.78 is 6.72. The van der Waals surface area contributed by atoms with Crippen molar-refractivity contribution >= 4 is 39.0 Å². The van der Waals surface area contributed by atoms with Crippen LogP contribution in [0.3, 0.4) is 0 Å². The Hall–Kier alpha value is -7.42. The molecule has 0 spiro atoms. The first-order valence-electron chi connectivity index (χ1n) is 19.1. The maximum Gasteiger partial charge on any atom is 0.143 e. The number of para-hydroxylation sites is 1. The van der Waals surface area contributed by atoms with Gasteiger partial charge in [-0.3, -0.25) is 0 Å². The van der Waals surface area contributed by atoms with Gasteiger partial charge in [-0.15, -0.1) is 0 Å².